The number of halogens is 1. The summed E-state index contributed by atoms with van der Waals surface area (Å²) in [5.74, 6) is 0.902. The maximum absolute atomic E-state index is 12.2. The summed E-state index contributed by atoms with van der Waals surface area (Å²) >= 11 is 3.36. The molecule has 0 aliphatic heterocycles. The van der Waals surface area contributed by atoms with Crippen LogP contribution in [0.25, 0.3) is 22.6 Å². The van der Waals surface area contributed by atoms with Crippen LogP contribution >= 0.6 is 15.9 Å². The van der Waals surface area contributed by atoms with Crippen LogP contribution in [-0.2, 0) is 4.79 Å². The summed E-state index contributed by atoms with van der Waals surface area (Å²) in [6, 6.07) is 22.3. The van der Waals surface area contributed by atoms with Crippen molar-refractivity contribution in [1.29, 1.82) is 0 Å². The highest BCUT2D eigenvalue weighted by molar-refractivity contribution is 9.10. The summed E-state index contributed by atoms with van der Waals surface area (Å²) in [4.78, 5) is 16.6. The van der Waals surface area contributed by atoms with Gasteiger partial charge in [-0.1, -0.05) is 34.1 Å². The molecule has 0 aliphatic carbocycles. The number of fused-ring (bicyclic) bond motifs is 1. The number of carbonyl (C=O) groups excluding carboxylic acids is 1. The average Bonchev–Trinajstić information content (AvgIpc) is 3.12. The molecule has 0 saturated carbocycles. The van der Waals surface area contributed by atoms with E-state index in [1.807, 2.05) is 60.7 Å². The van der Waals surface area contributed by atoms with Gasteiger partial charge in [0.05, 0.1) is 0 Å². The molecule has 4 aromatic rings. The molecule has 0 bridgehead atoms. The summed E-state index contributed by atoms with van der Waals surface area (Å²) in [6.45, 7) is -0.0747. The van der Waals surface area contributed by atoms with E-state index in [9.17, 15) is 4.79 Å². The second-order valence-corrected chi connectivity index (χ2v) is 6.77. The number of anilines is 1. The lowest BCUT2D eigenvalue weighted by Gasteiger charge is -2.08. The van der Waals surface area contributed by atoms with Crippen LogP contribution in [-0.4, -0.2) is 17.5 Å². The normalized spacial score (nSPS) is 10.7. The van der Waals surface area contributed by atoms with Gasteiger partial charge in [0.1, 0.15) is 11.3 Å². The van der Waals surface area contributed by atoms with E-state index in [1.165, 1.54) is 0 Å². The second kappa shape index (κ2) is 7.63. The van der Waals surface area contributed by atoms with E-state index in [0.29, 0.717) is 17.3 Å². The Bertz CT molecular complexity index is 1060. The van der Waals surface area contributed by atoms with Gasteiger partial charge in [-0.05, 0) is 54.6 Å². The molecule has 4 rings (SSSR count). The van der Waals surface area contributed by atoms with E-state index < -0.39 is 0 Å². The van der Waals surface area contributed by atoms with Crippen molar-refractivity contribution in [1.82, 2.24) is 4.98 Å². The van der Waals surface area contributed by atoms with E-state index in [-0.39, 0.29) is 12.5 Å². The van der Waals surface area contributed by atoms with Crippen LogP contribution in [0.2, 0.25) is 0 Å². The van der Waals surface area contributed by atoms with E-state index in [2.05, 4.69) is 26.2 Å². The fourth-order valence-corrected chi connectivity index (χ4v) is 2.87. The van der Waals surface area contributed by atoms with Crippen molar-refractivity contribution in [2.24, 2.45) is 0 Å². The van der Waals surface area contributed by atoms with E-state index in [4.69, 9.17) is 9.15 Å². The number of ether oxygens (including phenoxy) is 1. The quantitative estimate of drug-likeness (QED) is 0.475. The van der Waals surface area contributed by atoms with Crippen molar-refractivity contribution < 1.29 is 13.9 Å². The number of nitrogens with zero attached hydrogens (tertiary/aromatic N) is 1. The lowest BCUT2D eigenvalue weighted by Crippen LogP contribution is -2.20. The van der Waals surface area contributed by atoms with Gasteiger partial charge < -0.3 is 14.5 Å². The Balaban J connectivity index is 1.44. The summed E-state index contributed by atoms with van der Waals surface area (Å²) in [5, 5.41) is 2.82. The topological polar surface area (TPSA) is 64.4 Å². The van der Waals surface area contributed by atoms with Crippen LogP contribution in [0.15, 0.2) is 81.7 Å². The number of hydrogen-bond acceptors (Lipinski definition) is 4. The number of carbonyl (C=O) groups is 1. The fourth-order valence-electron chi connectivity index (χ4n) is 2.60. The highest BCUT2D eigenvalue weighted by atomic mass is 79.9. The predicted molar refractivity (Wildman–Crippen MR) is 108 cm³/mol. The van der Waals surface area contributed by atoms with Gasteiger partial charge in [-0.25, -0.2) is 4.98 Å². The van der Waals surface area contributed by atoms with Gasteiger partial charge in [-0.15, -0.1) is 0 Å². The first-order chi connectivity index (χ1) is 13.2. The van der Waals surface area contributed by atoms with E-state index >= 15 is 0 Å². The van der Waals surface area contributed by atoms with Crippen LogP contribution in [0.1, 0.15) is 0 Å². The number of hydrogen-bond donors (Lipinski definition) is 1. The van der Waals surface area contributed by atoms with Crippen LogP contribution < -0.4 is 10.1 Å². The second-order valence-electron chi connectivity index (χ2n) is 5.86. The molecule has 0 atom stereocenters. The van der Waals surface area contributed by atoms with Gasteiger partial charge in [0.2, 0.25) is 5.89 Å². The summed E-state index contributed by atoms with van der Waals surface area (Å²) in [5.41, 5.74) is 2.96. The Kier molecular flexibility index (Phi) is 4.89. The molecule has 27 heavy (non-hydrogen) atoms. The lowest BCUT2D eigenvalue weighted by molar-refractivity contribution is -0.118. The summed E-state index contributed by atoms with van der Waals surface area (Å²) in [7, 11) is 0. The lowest BCUT2D eigenvalue weighted by atomic mass is 10.2. The molecular weight excluding hydrogens is 408 g/mol. The first-order valence-corrected chi connectivity index (χ1v) is 9.11. The SMILES string of the molecule is O=C(COc1ccc(Br)cc1)Nc1cccc(-c2nc3ccccc3o2)c1. The molecule has 1 amide bonds. The molecule has 0 aliphatic rings. The standard InChI is InChI=1S/C21H15BrN2O3/c22-15-8-10-17(11-9-15)26-13-20(25)23-16-5-3-4-14(12-16)21-24-18-6-1-2-7-19(18)27-21/h1-12H,13H2,(H,23,25). The zero-order chi connectivity index (χ0) is 18.6. The highest BCUT2D eigenvalue weighted by Crippen LogP contribution is 2.26. The monoisotopic (exact) mass is 422 g/mol. The van der Waals surface area contributed by atoms with Gasteiger partial charge in [0, 0.05) is 15.7 Å². The molecule has 3 aromatic carbocycles. The third kappa shape index (κ3) is 4.17. The van der Waals surface area contributed by atoms with Crippen molar-refractivity contribution in [2.75, 3.05) is 11.9 Å². The number of para-hydroxylation sites is 2. The summed E-state index contributed by atoms with van der Waals surface area (Å²) < 4.78 is 12.2. The van der Waals surface area contributed by atoms with Gasteiger partial charge in [-0.2, -0.15) is 0 Å². The summed E-state index contributed by atoms with van der Waals surface area (Å²) in [6.07, 6.45) is 0. The van der Waals surface area contributed by atoms with Gasteiger partial charge in [0.25, 0.3) is 5.91 Å². The molecule has 0 unspecified atom stereocenters. The predicted octanol–water partition coefficient (Wildman–Crippen LogP) is 5.27. The van der Waals surface area contributed by atoms with Crippen molar-refractivity contribution in [3.63, 3.8) is 0 Å². The largest absolute Gasteiger partial charge is 0.484 e. The average molecular weight is 423 g/mol. The molecule has 0 spiro atoms. The zero-order valence-electron chi connectivity index (χ0n) is 14.2. The van der Waals surface area contributed by atoms with Crippen LogP contribution in [0, 0.1) is 0 Å². The van der Waals surface area contributed by atoms with E-state index in [1.54, 1.807) is 12.1 Å². The number of nitrogens with one attached hydrogen (secondary N) is 1. The Labute approximate surface area is 164 Å². The molecule has 1 heterocycles. The van der Waals surface area contributed by atoms with Crippen molar-refractivity contribution in [2.45, 2.75) is 0 Å². The molecular formula is C21H15BrN2O3. The number of benzene rings is 3. The Morgan fingerprint density at radius 3 is 2.67 bits per heavy atom. The number of oxazole rings is 1. The Hall–Kier alpha value is -3.12. The number of aromatic nitrogens is 1. The van der Waals surface area contributed by atoms with Crippen molar-refractivity contribution in [3.05, 3.63) is 77.3 Å². The molecule has 6 heteroatoms. The first-order valence-electron chi connectivity index (χ1n) is 8.32. The molecule has 0 saturated heterocycles. The van der Waals surface area contributed by atoms with Crippen LogP contribution in [0.5, 0.6) is 5.75 Å². The Morgan fingerprint density at radius 1 is 1.04 bits per heavy atom. The molecule has 0 fully saturated rings. The van der Waals surface area contributed by atoms with Gasteiger partial charge >= 0.3 is 0 Å². The fraction of sp³-hybridized carbons (Fsp3) is 0.0476. The van der Waals surface area contributed by atoms with Crippen molar-refractivity contribution in [3.8, 4) is 17.2 Å². The Morgan fingerprint density at radius 2 is 1.85 bits per heavy atom. The molecule has 1 aromatic heterocycles. The minimum absolute atomic E-state index is 0.0747. The van der Waals surface area contributed by atoms with E-state index in [0.717, 1.165) is 21.1 Å². The third-order valence-corrected chi connectivity index (χ3v) is 4.40. The van der Waals surface area contributed by atoms with Crippen LogP contribution in [0.3, 0.4) is 0 Å². The van der Waals surface area contributed by atoms with Crippen LogP contribution in [0.4, 0.5) is 5.69 Å². The maximum Gasteiger partial charge on any atom is 0.262 e. The molecule has 1 N–H and O–H groups in total. The smallest absolute Gasteiger partial charge is 0.262 e. The number of amides is 1. The third-order valence-electron chi connectivity index (χ3n) is 3.87. The maximum atomic E-state index is 12.2. The molecule has 0 radical (unpaired) electrons. The minimum Gasteiger partial charge on any atom is -0.484 e. The molecule has 134 valence electrons. The van der Waals surface area contributed by atoms with Gasteiger partial charge in [0.15, 0.2) is 12.2 Å². The number of rotatable bonds is 5. The highest BCUT2D eigenvalue weighted by Gasteiger charge is 2.10. The van der Waals surface area contributed by atoms with Crippen molar-refractivity contribution >= 4 is 38.6 Å². The minimum atomic E-state index is -0.243. The molecule has 5 nitrogen and oxygen atoms in total. The van der Waals surface area contributed by atoms with Gasteiger partial charge in [-0.3, -0.25) is 4.79 Å². The first kappa shape index (κ1) is 17.3. The zero-order valence-corrected chi connectivity index (χ0v) is 15.8.